The van der Waals surface area contributed by atoms with Gasteiger partial charge in [-0.05, 0) is 47.5 Å². The minimum atomic E-state index is -0.688. The molecule has 0 heterocycles. The van der Waals surface area contributed by atoms with Gasteiger partial charge in [0.1, 0.15) is 6.04 Å². The first-order chi connectivity index (χ1) is 16.4. The zero-order valence-corrected chi connectivity index (χ0v) is 21.7. The van der Waals surface area contributed by atoms with E-state index >= 15 is 0 Å². The number of thioether (sulfide) groups is 1. The van der Waals surface area contributed by atoms with E-state index in [1.807, 2.05) is 54.6 Å². The maximum atomic E-state index is 13.5. The summed E-state index contributed by atoms with van der Waals surface area (Å²) >= 11 is 20.0. The SMILES string of the molecule is CNC(=O)[C@H](Cc1ccccc1)N(Cc1ccc(Cl)cc1Cl)C(=O)CCSc1ccc(Cl)cc1. The average Bonchev–Trinajstić information content (AvgIpc) is 2.83. The highest BCUT2D eigenvalue weighted by atomic mass is 35.5. The Labute approximate surface area is 219 Å². The second kappa shape index (κ2) is 13.1. The molecule has 0 aromatic heterocycles. The molecule has 0 radical (unpaired) electrons. The molecular formula is C26H25Cl3N2O2S. The number of carbonyl (C=O) groups is 2. The zero-order chi connectivity index (χ0) is 24.5. The Morgan fingerprint density at radius 1 is 0.941 bits per heavy atom. The van der Waals surface area contributed by atoms with Crippen molar-refractivity contribution in [1.29, 1.82) is 0 Å². The molecule has 0 aliphatic rings. The number of halogens is 3. The third-order valence-electron chi connectivity index (χ3n) is 5.27. The van der Waals surface area contributed by atoms with E-state index in [-0.39, 0.29) is 24.8 Å². The van der Waals surface area contributed by atoms with E-state index in [2.05, 4.69) is 5.32 Å². The highest BCUT2D eigenvalue weighted by Crippen LogP contribution is 2.26. The smallest absolute Gasteiger partial charge is 0.242 e. The van der Waals surface area contributed by atoms with Gasteiger partial charge < -0.3 is 10.2 Å². The van der Waals surface area contributed by atoms with Gasteiger partial charge in [-0.25, -0.2) is 0 Å². The fraction of sp³-hybridized carbons (Fsp3) is 0.231. The van der Waals surface area contributed by atoms with Gasteiger partial charge in [-0.2, -0.15) is 0 Å². The van der Waals surface area contributed by atoms with Crippen molar-refractivity contribution in [2.24, 2.45) is 0 Å². The molecule has 1 N–H and O–H groups in total. The molecule has 178 valence electrons. The predicted molar refractivity (Wildman–Crippen MR) is 142 cm³/mol. The summed E-state index contributed by atoms with van der Waals surface area (Å²) in [7, 11) is 1.58. The molecule has 4 nitrogen and oxygen atoms in total. The van der Waals surface area contributed by atoms with Crippen molar-refractivity contribution in [2.75, 3.05) is 12.8 Å². The standard InChI is InChI=1S/C26H25Cl3N2O2S/c1-30-26(33)24(15-18-5-3-2-4-6-18)31(17-19-7-8-21(28)16-23(19)29)25(32)13-14-34-22-11-9-20(27)10-12-22/h2-12,16,24H,13-15,17H2,1H3,(H,30,33)/t24-/m0/s1. The van der Waals surface area contributed by atoms with Crippen LogP contribution in [0.15, 0.2) is 77.7 Å². The lowest BCUT2D eigenvalue weighted by Crippen LogP contribution is -2.49. The molecule has 3 rings (SSSR count). The predicted octanol–water partition coefficient (Wildman–Crippen LogP) is 6.52. The Morgan fingerprint density at radius 3 is 2.26 bits per heavy atom. The van der Waals surface area contributed by atoms with E-state index < -0.39 is 6.04 Å². The van der Waals surface area contributed by atoms with Gasteiger partial charge in [0.25, 0.3) is 0 Å². The summed E-state index contributed by atoms with van der Waals surface area (Å²) in [6.45, 7) is 0.200. The summed E-state index contributed by atoms with van der Waals surface area (Å²) < 4.78 is 0. The molecule has 0 saturated carbocycles. The van der Waals surface area contributed by atoms with Crippen LogP contribution < -0.4 is 5.32 Å². The Balaban J connectivity index is 1.83. The number of nitrogens with zero attached hydrogens (tertiary/aromatic N) is 1. The number of carbonyl (C=O) groups excluding carboxylic acids is 2. The first kappa shape index (κ1) is 26.4. The number of hydrogen-bond donors (Lipinski definition) is 1. The molecule has 0 unspecified atom stereocenters. The fourth-order valence-corrected chi connectivity index (χ4v) is 4.92. The lowest BCUT2D eigenvalue weighted by molar-refractivity contribution is -0.140. The second-order valence-electron chi connectivity index (χ2n) is 7.63. The number of amides is 2. The van der Waals surface area contributed by atoms with Crippen LogP contribution in [-0.4, -0.2) is 35.6 Å². The van der Waals surface area contributed by atoms with Crippen molar-refractivity contribution in [2.45, 2.75) is 30.3 Å². The first-order valence-corrected chi connectivity index (χ1v) is 12.9. The second-order valence-corrected chi connectivity index (χ2v) is 10.1. The average molecular weight is 536 g/mol. The van der Waals surface area contributed by atoms with E-state index in [9.17, 15) is 9.59 Å². The Bertz CT molecular complexity index is 1110. The number of likely N-dealkylation sites (N-methyl/N-ethyl adjacent to an activating group) is 1. The van der Waals surface area contributed by atoms with Crippen molar-refractivity contribution in [1.82, 2.24) is 10.2 Å². The normalized spacial score (nSPS) is 11.6. The summed E-state index contributed by atoms with van der Waals surface area (Å²) in [5, 5.41) is 4.35. The maximum Gasteiger partial charge on any atom is 0.242 e. The highest BCUT2D eigenvalue weighted by molar-refractivity contribution is 7.99. The molecule has 2 amide bonds. The van der Waals surface area contributed by atoms with E-state index in [1.54, 1.807) is 41.9 Å². The van der Waals surface area contributed by atoms with Gasteiger partial charge in [0, 0.05) is 52.2 Å². The summed E-state index contributed by atoms with van der Waals surface area (Å²) in [5.41, 5.74) is 1.69. The third kappa shape index (κ3) is 7.67. The van der Waals surface area contributed by atoms with Gasteiger partial charge in [-0.1, -0.05) is 71.2 Å². The fourth-order valence-electron chi connectivity index (χ4n) is 3.48. The molecule has 0 bridgehead atoms. The topological polar surface area (TPSA) is 49.4 Å². The van der Waals surface area contributed by atoms with Gasteiger partial charge in [0.2, 0.25) is 11.8 Å². The number of hydrogen-bond acceptors (Lipinski definition) is 3. The Hall–Kier alpha value is -2.18. The minimum Gasteiger partial charge on any atom is -0.357 e. The Kier molecular flexibility index (Phi) is 10.1. The summed E-state index contributed by atoms with van der Waals surface area (Å²) in [5.74, 6) is 0.210. The molecule has 0 spiro atoms. The monoisotopic (exact) mass is 534 g/mol. The highest BCUT2D eigenvalue weighted by Gasteiger charge is 2.30. The van der Waals surface area contributed by atoms with Gasteiger partial charge in [-0.3, -0.25) is 9.59 Å². The van der Waals surface area contributed by atoms with Crippen molar-refractivity contribution in [3.05, 3.63) is 99.0 Å². The summed E-state index contributed by atoms with van der Waals surface area (Å²) in [6, 6.07) is 21.6. The van der Waals surface area contributed by atoms with E-state index in [1.165, 1.54) is 0 Å². The molecule has 0 aliphatic heterocycles. The third-order valence-corrected chi connectivity index (χ3v) is 7.12. The summed E-state index contributed by atoms with van der Waals surface area (Å²) in [4.78, 5) is 29.0. The quantitative estimate of drug-likeness (QED) is 0.301. The molecule has 0 fully saturated rings. The van der Waals surface area contributed by atoms with Crippen molar-refractivity contribution in [3.63, 3.8) is 0 Å². The zero-order valence-electron chi connectivity index (χ0n) is 18.6. The molecule has 1 atom stereocenters. The van der Waals surface area contributed by atoms with Gasteiger partial charge in [0.15, 0.2) is 0 Å². The molecule has 8 heteroatoms. The van der Waals surface area contributed by atoms with Crippen LogP contribution in [0.2, 0.25) is 15.1 Å². The molecular weight excluding hydrogens is 511 g/mol. The molecule has 0 aliphatic carbocycles. The molecule has 0 saturated heterocycles. The van der Waals surface area contributed by atoms with Gasteiger partial charge in [-0.15, -0.1) is 11.8 Å². The molecule has 3 aromatic carbocycles. The first-order valence-electron chi connectivity index (χ1n) is 10.7. The van der Waals surface area contributed by atoms with Crippen LogP contribution in [0.3, 0.4) is 0 Å². The maximum absolute atomic E-state index is 13.5. The van der Waals surface area contributed by atoms with Crippen molar-refractivity contribution >= 4 is 58.4 Å². The van der Waals surface area contributed by atoms with Crippen molar-refractivity contribution in [3.8, 4) is 0 Å². The van der Waals surface area contributed by atoms with Crippen LogP contribution in [0.25, 0.3) is 0 Å². The van der Waals surface area contributed by atoms with Crippen LogP contribution in [0.4, 0.5) is 0 Å². The number of rotatable bonds is 10. The summed E-state index contributed by atoms with van der Waals surface area (Å²) in [6.07, 6.45) is 0.655. The lowest BCUT2D eigenvalue weighted by atomic mass is 10.0. The van der Waals surface area contributed by atoms with E-state index in [0.717, 1.165) is 16.0 Å². The minimum absolute atomic E-state index is 0.128. The number of benzene rings is 3. The number of nitrogens with one attached hydrogen (secondary N) is 1. The van der Waals surface area contributed by atoms with Gasteiger partial charge in [0.05, 0.1) is 0 Å². The van der Waals surface area contributed by atoms with Crippen LogP contribution in [0.1, 0.15) is 17.5 Å². The molecule has 3 aromatic rings. The van der Waals surface area contributed by atoms with Crippen LogP contribution in [0.5, 0.6) is 0 Å². The Morgan fingerprint density at radius 2 is 1.62 bits per heavy atom. The van der Waals surface area contributed by atoms with E-state index in [4.69, 9.17) is 34.8 Å². The largest absolute Gasteiger partial charge is 0.357 e. The van der Waals surface area contributed by atoms with Crippen LogP contribution in [-0.2, 0) is 22.6 Å². The van der Waals surface area contributed by atoms with E-state index in [0.29, 0.717) is 27.2 Å². The lowest BCUT2D eigenvalue weighted by Gasteiger charge is -2.31. The van der Waals surface area contributed by atoms with Gasteiger partial charge >= 0.3 is 0 Å². The van der Waals surface area contributed by atoms with Crippen LogP contribution >= 0.6 is 46.6 Å². The van der Waals surface area contributed by atoms with Crippen molar-refractivity contribution < 1.29 is 9.59 Å². The molecule has 34 heavy (non-hydrogen) atoms. The van der Waals surface area contributed by atoms with Crippen LogP contribution in [0, 0.1) is 0 Å².